The topological polar surface area (TPSA) is 82.1 Å². The molecule has 0 saturated carbocycles. The van der Waals surface area contributed by atoms with E-state index in [4.69, 9.17) is 19.3 Å². The van der Waals surface area contributed by atoms with Crippen molar-refractivity contribution in [2.75, 3.05) is 6.61 Å². The number of rotatable bonds is 3. The molecule has 2 atom stereocenters. The number of carbonyl (C=O) groups excluding carboxylic acids is 1. The van der Waals surface area contributed by atoms with Crippen molar-refractivity contribution in [1.29, 1.82) is 0 Å². The molecule has 1 saturated heterocycles. The molecule has 86 valence electrons. The van der Waals surface area contributed by atoms with Crippen LogP contribution < -0.4 is 0 Å². The molecule has 1 fully saturated rings. The summed E-state index contributed by atoms with van der Waals surface area (Å²) < 4.78 is 14.9. The lowest BCUT2D eigenvalue weighted by Gasteiger charge is -2.15. The Bertz CT molecular complexity index is 272. The van der Waals surface area contributed by atoms with Gasteiger partial charge in [-0.1, -0.05) is 0 Å². The molecule has 0 aromatic rings. The molecule has 1 heterocycles. The van der Waals surface area contributed by atoms with E-state index in [0.29, 0.717) is 0 Å². The maximum Gasteiger partial charge on any atom is 0.338 e. The molecule has 6 heteroatoms. The highest BCUT2D eigenvalue weighted by atomic mass is 16.8. The lowest BCUT2D eigenvalue weighted by molar-refractivity contribution is -0.171. The molecule has 0 aromatic heterocycles. The minimum absolute atomic E-state index is 0.172. The molecule has 0 bridgehead atoms. The lowest BCUT2D eigenvalue weighted by atomic mass is 10.2. The van der Waals surface area contributed by atoms with Gasteiger partial charge < -0.3 is 19.3 Å². The molecule has 6 nitrogen and oxygen atoms in total. The highest BCUT2D eigenvalue weighted by Crippen LogP contribution is 2.28. The van der Waals surface area contributed by atoms with Crippen LogP contribution in [-0.2, 0) is 23.8 Å². The molecule has 1 rings (SSSR count). The fourth-order valence-electron chi connectivity index (χ4n) is 1.34. The summed E-state index contributed by atoms with van der Waals surface area (Å²) in [5.74, 6) is -3.03. The predicted molar refractivity (Wildman–Crippen MR) is 48.1 cm³/mol. The third-order valence-electron chi connectivity index (χ3n) is 1.86. The van der Waals surface area contributed by atoms with Gasteiger partial charge >= 0.3 is 11.9 Å². The van der Waals surface area contributed by atoms with E-state index in [1.54, 1.807) is 20.8 Å². The van der Waals surface area contributed by atoms with Crippen LogP contribution >= 0.6 is 0 Å². The fourth-order valence-corrected chi connectivity index (χ4v) is 1.34. The van der Waals surface area contributed by atoms with Crippen molar-refractivity contribution in [2.45, 2.75) is 38.8 Å². The van der Waals surface area contributed by atoms with Crippen molar-refractivity contribution in [2.24, 2.45) is 0 Å². The van der Waals surface area contributed by atoms with Crippen LogP contribution in [0.15, 0.2) is 0 Å². The summed E-state index contributed by atoms with van der Waals surface area (Å²) in [7, 11) is 0. The monoisotopic (exact) mass is 218 g/mol. The first-order chi connectivity index (χ1) is 6.87. The minimum atomic E-state index is -1.31. The van der Waals surface area contributed by atoms with Gasteiger partial charge in [-0.05, 0) is 20.8 Å². The number of ether oxygens (including phenoxy) is 3. The number of esters is 1. The van der Waals surface area contributed by atoms with Crippen LogP contribution in [-0.4, -0.2) is 41.6 Å². The van der Waals surface area contributed by atoms with Crippen molar-refractivity contribution in [1.82, 2.24) is 0 Å². The van der Waals surface area contributed by atoms with Crippen LogP contribution in [0.3, 0.4) is 0 Å². The molecule has 0 aromatic carbocycles. The van der Waals surface area contributed by atoms with Gasteiger partial charge in [0.15, 0.2) is 18.0 Å². The highest BCUT2D eigenvalue weighted by Gasteiger charge is 2.49. The van der Waals surface area contributed by atoms with Gasteiger partial charge in [0.05, 0.1) is 6.61 Å². The summed E-state index contributed by atoms with van der Waals surface area (Å²) in [6, 6.07) is 0. The summed E-state index contributed by atoms with van der Waals surface area (Å²) >= 11 is 0. The average Bonchev–Trinajstić information content (AvgIpc) is 2.42. The number of carbonyl (C=O) groups is 2. The number of hydrogen-bond acceptors (Lipinski definition) is 5. The average molecular weight is 218 g/mol. The van der Waals surface area contributed by atoms with Crippen LogP contribution in [0.25, 0.3) is 0 Å². The molecule has 1 aliphatic rings. The van der Waals surface area contributed by atoms with E-state index >= 15 is 0 Å². The van der Waals surface area contributed by atoms with Gasteiger partial charge in [0.2, 0.25) is 0 Å². The van der Waals surface area contributed by atoms with Crippen molar-refractivity contribution >= 4 is 11.9 Å². The van der Waals surface area contributed by atoms with Crippen LogP contribution in [0.1, 0.15) is 20.8 Å². The Kier molecular flexibility index (Phi) is 3.31. The first kappa shape index (κ1) is 11.9. The third kappa shape index (κ3) is 2.66. The van der Waals surface area contributed by atoms with Gasteiger partial charge in [-0.2, -0.15) is 0 Å². The number of carboxylic acids is 1. The standard InChI is InChI=1S/C9H14O6/c1-4-13-8(12)6-5(7(10)11)14-9(2,3)15-6/h5-6H,4H2,1-3H3,(H,10,11). The van der Waals surface area contributed by atoms with Gasteiger partial charge in [0, 0.05) is 0 Å². The molecule has 15 heavy (non-hydrogen) atoms. The number of aliphatic carboxylic acids is 1. The third-order valence-corrected chi connectivity index (χ3v) is 1.86. The molecule has 0 aliphatic carbocycles. The molecular weight excluding hydrogens is 204 g/mol. The van der Waals surface area contributed by atoms with E-state index in [1.165, 1.54) is 0 Å². The molecule has 0 amide bonds. The van der Waals surface area contributed by atoms with Crippen LogP contribution in [0, 0.1) is 0 Å². The van der Waals surface area contributed by atoms with Crippen LogP contribution in [0.2, 0.25) is 0 Å². The van der Waals surface area contributed by atoms with E-state index in [1.807, 2.05) is 0 Å². The maximum atomic E-state index is 11.4. The van der Waals surface area contributed by atoms with E-state index < -0.39 is 29.9 Å². The zero-order valence-electron chi connectivity index (χ0n) is 8.85. The molecule has 1 aliphatic heterocycles. The first-order valence-electron chi connectivity index (χ1n) is 4.62. The predicted octanol–water partition coefficient (Wildman–Crippen LogP) is 0.154. The highest BCUT2D eigenvalue weighted by molar-refractivity contribution is 5.85. The SMILES string of the molecule is CCOC(=O)C1OC(C)(C)OC1C(=O)O. The zero-order valence-corrected chi connectivity index (χ0v) is 8.85. The molecule has 1 N–H and O–H groups in total. The van der Waals surface area contributed by atoms with Gasteiger partial charge in [0.25, 0.3) is 0 Å². The second-order valence-electron chi connectivity index (χ2n) is 3.57. The molecule has 0 spiro atoms. The summed E-state index contributed by atoms with van der Waals surface area (Å²) in [4.78, 5) is 22.2. The quantitative estimate of drug-likeness (QED) is 0.679. The Morgan fingerprint density at radius 2 is 1.87 bits per heavy atom. The van der Waals surface area contributed by atoms with E-state index in [0.717, 1.165) is 0 Å². The maximum absolute atomic E-state index is 11.4. The summed E-state index contributed by atoms with van der Waals surface area (Å²) in [5, 5.41) is 8.82. The van der Waals surface area contributed by atoms with E-state index in [-0.39, 0.29) is 6.61 Å². The number of hydrogen-bond donors (Lipinski definition) is 1. The van der Waals surface area contributed by atoms with Crippen molar-refractivity contribution in [3.63, 3.8) is 0 Å². The summed E-state index contributed by atoms with van der Waals surface area (Å²) in [6.07, 6.45) is -2.50. The van der Waals surface area contributed by atoms with Crippen molar-refractivity contribution < 1.29 is 28.9 Å². The van der Waals surface area contributed by atoms with Gasteiger partial charge in [-0.15, -0.1) is 0 Å². The Morgan fingerprint density at radius 3 is 2.33 bits per heavy atom. The van der Waals surface area contributed by atoms with Crippen LogP contribution in [0.4, 0.5) is 0 Å². The summed E-state index contributed by atoms with van der Waals surface area (Å²) in [6.45, 7) is 4.89. The van der Waals surface area contributed by atoms with E-state index in [2.05, 4.69) is 0 Å². The Hall–Kier alpha value is -1.14. The lowest BCUT2D eigenvalue weighted by Crippen LogP contribution is -2.38. The van der Waals surface area contributed by atoms with Crippen LogP contribution in [0.5, 0.6) is 0 Å². The largest absolute Gasteiger partial charge is 0.479 e. The fraction of sp³-hybridized carbons (Fsp3) is 0.778. The summed E-state index contributed by atoms with van der Waals surface area (Å²) in [5.41, 5.74) is 0. The second kappa shape index (κ2) is 4.16. The minimum Gasteiger partial charge on any atom is -0.479 e. The Balaban J connectivity index is 2.77. The Labute approximate surface area is 87.1 Å². The zero-order chi connectivity index (χ0) is 11.6. The number of carboxylic acid groups (broad SMARTS) is 1. The van der Waals surface area contributed by atoms with Gasteiger partial charge in [0.1, 0.15) is 0 Å². The molecule has 0 radical (unpaired) electrons. The van der Waals surface area contributed by atoms with E-state index in [9.17, 15) is 9.59 Å². The molecular formula is C9H14O6. The van der Waals surface area contributed by atoms with Crippen molar-refractivity contribution in [3.05, 3.63) is 0 Å². The van der Waals surface area contributed by atoms with Gasteiger partial charge in [-0.25, -0.2) is 9.59 Å². The molecule has 2 unspecified atom stereocenters. The normalized spacial score (nSPS) is 28.7. The first-order valence-corrected chi connectivity index (χ1v) is 4.62. The Morgan fingerprint density at radius 1 is 1.33 bits per heavy atom. The smallest absolute Gasteiger partial charge is 0.338 e. The van der Waals surface area contributed by atoms with Gasteiger partial charge in [-0.3, -0.25) is 0 Å². The van der Waals surface area contributed by atoms with Crippen molar-refractivity contribution in [3.8, 4) is 0 Å². The second-order valence-corrected chi connectivity index (χ2v) is 3.57.